The normalized spacial score (nSPS) is 13.4. The topological polar surface area (TPSA) is 351 Å². The largest absolute Gasteiger partial charge is 0.507 e. The van der Waals surface area contributed by atoms with E-state index in [2.05, 4.69) is 0 Å². The molecular formula is C20H25F6IO19P6. The van der Waals surface area contributed by atoms with Gasteiger partial charge in [0.2, 0.25) is 0 Å². The second kappa shape index (κ2) is 21.5. The summed E-state index contributed by atoms with van der Waals surface area (Å²) in [4.78, 5) is 79.0. The van der Waals surface area contributed by atoms with Crippen molar-refractivity contribution in [2.45, 2.75) is 0 Å². The fraction of sp³-hybridized carbons (Fsp3) is 0. The summed E-state index contributed by atoms with van der Waals surface area (Å²) in [5.74, 6) is 0. The SMILES string of the molecule is O=P(O)(F)OI(=O)(c1cccc2ccccc12)c1cccc2ccccc12.O=P(O)(O)F.O=P(O)(O)F.O=P(O)(O)F.O=P(O)(O)F.O=P(O)(O)F. The third kappa shape index (κ3) is 31.9. The number of hydrogen-bond acceptors (Lipinski definition) is 8. The molecule has 1 unspecified atom stereocenters. The predicted octanol–water partition coefficient (Wildman–Crippen LogP) is 6.66. The molecule has 0 aliphatic heterocycles. The Bertz CT molecular complexity index is 1840. The molecule has 52 heavy (non-hydrogen) atoms. The number of rotatable bonds is 4. The van der Waals surface area contributed by atoms with Gasteiger partial charge in [-0.05, 0) is 0 Å². The summed E-state index contributed by atoms with van der Waals surface area (Å²) >= 11 is -5.17. The van der Waals surface area contributed by atoms with Gasteiger partial charge in [0.15, 0.2) is 0 Å². The maximum Gasteiger partial charge on any atom is 0.507 e. The van der Waals surface area contributed by atoms with Crippen molar-refractivity contribution in [3.05, 3.63) is 92.1 Å². The zero-order valence-corrected chi connectivity index (χ0v) is 32.1. The molecule has 0 aliphatic carbocycles. The van der Waals surface area contributed by atoms with Crippen molar-refractivity contribution in [2.75, 3.05) is 0 Å². The zero-order chi connectivity index (χ0) is 41.6. The monoisotopic (exact) mass is 996 g/mol. The first-order chi connectivity index (χ1) is 22.9. The van der Waals surface area contributed by atoms with Crippen LogP contribution in [0.1, 0.15) is 0 Å². The molecule has 19 nitrogen and oxygen atoms in total. The first kappa shape index (κ1) is 52.5. The molecule has 0 saturated carbocycles. The predicted molar refractivity (Wildman–Crippen MR) is 178 cm³/mol. The molecule has 32 heteroatoms. The Labute approximate surface area is 291 Å². The standard InChI is InChI=1S/C20H15FIO4P.5FH2O3P/c21-27(24,25)26-22(23,19-13-5-9-15-7-1-3-11-17(15)19)20-14-6-10-16-8-2-4-12-18(16)20;5*1-5(2,3)4/h1-14H,(H,24,25);5*(H2,2,3,4). The molecule has 1 atom stereocenters. The van der Waals surface area contributed by atoms with Crippen molar-refractivity contribution >= 4 is 87.8 Å². The second-order valence-corrected chi connectivity index (χ2v) is 20.2. The Balaban J connectivity index is 0. The molecule has 0 saturated heterocycles. The van der Waals surface area contributed by atoms with Crippen LogP contribution in [0.15, 0.2) is 84.9 Å². The van der Waals surface area contributed by atoms with E-state index >= 15 is 0 Å². The maximum atomic E-state index is 14.1. The van der Waals surface area contributed by atoms with Crippen molar-refractivity contribution in [3.63, 3.8) is 0 Å². The Hall–Kier alpha value is -1.59. The molecule has 0 aromatic heterocycles. The van der Waals surface area contributed by atoms with E-state index < -0.39 is 66.3 Å². The first-order valence-electron chi connectivity index (χ1n) is 11.8. The van der Waals surface area contributed by atoms with Crippen LogP contribution in [0.5, 0.6) is 0 Å². The molecule has 0 radical (unpaired) electrons. The van der Waals surface area contributed by atoms with E-state index in [9.17, 15) is 37.7 Å². The van der Waals surface area contributed by atoms with E-state index in [0.717, 1.165) is 10.8 Å². The van der Waals surface area contributed by atoms with Crippen LogP contribution in [0.2, 0.25) is 0 Å². The summed E-state index contributed by atoms with van der Waals surface area (Å²) in [6.07, 6.45) is 0. The van der Waals surface area contributed by atoms with Gasteiger partial charge < -0.3 is 0 Å². The Kier molecular flexibility index (Phi) is 21.7. The van der Waals surface area contributed by atoms with Gasteiger partial charge in [-0.1, -0.05) is 0 Å². The molecule has 4 aromatic carbocycles. The summed E-state index contributed by atoms with van der Waals surface area (Å²) in [5.41, 5.74) is 0. The van der Waals surface area contributed by atoms with Gasteiger partial charge in [-0.15, -0.1) is 21.0 Å². The van der Waals surface area contributed by atoms with Crippen molar-refractivity contribution < 1.29 is 112 Å². The first-order valence-corrected chi connectivity index (χ1v) is 24.7. The average molecular weight is 996 g/mol. The molecule has 4 aromatic rings. The van der Waals surface area contributed by atoms with Crippen LogP contribution in [0.3, 0.4) is 0 Å². The molecule has 0 aliphatic rings. The Morgan fingerprint density at radius 2 is 0.615 bits per heavy atom. The minimum atomic E-state index is -5.51. The molecular weight excluding hydrogens is 971 g/mol. The third-order valence-corrected chi connectivity index (χ3v) is 12.6. The average Bonchev–Trinajstić information content (AvgIpc) is 2.87. The van der Waals surface area contributed by atoms with Crippen molar-refractivity contribution in [1.82, 2.24) is 0 Å². The van der Waals surface area contributed by atoms with E-state index in [1.807, 2.05) is 36.4 Å². The summed E-state index contributed by atoms with van der Waals surface area (Å²) in [7, 11) is -31.2. The van der Waals surface area contributed by atoms with Gasteiger partial charge in [0.05, 0.1) is 0 Å². The van der Waals surface area contributed by atoms with Crippen LogP contribution in [0, 0.1) is 7.14 Å². The van der Waals surface area contributed by atoms with Gasteiger partial charge in [-0.2, -0.15) is 0 Å². The maximum absolute atomic E-state index is 14.1. The number of halogens is 7. The molecule has 0 heterocycles. The zero-order valence-electron chi connectivity index (χ0n) is 24.6. The molecule has 4 rings (SSSR count). The van der Waals surface area contributed by atoms with E-state index in [-0.39, 0.29) is 7.14 Å². The number of benzene rings is 4. The van der Waals surface area contributed by atoms with Crippen LogP contribution in [-0.2, 0) is 33.3 Å². The fourth-order valence-electron chi connectivity index (χ4n) is 3.11. The molecule has 0 fully saturated rings. The van der Waals surface area contributed by atoms with Gasteiger partial charge in [0.1, 0.15) is 0 Å². The van der Waals surface area contributed by atoms with Crippen molar-refractivity contribution in [2.24, 2.45) is 0 Å². The van der Waals surface area contributed by atoms with Gasteiger partial charge in [-0.3, -0.25) is 48.9 Å². The number of fused-ring (bicyclic) bond motifs is 2. The Morgan fingerprint density at radius 1 is 0.404 bits per heavy atom. The van der Waals surface area contributed by atoms with Gasteiger partial charge in [0.25, 0.3) is 0 Å². The minimum absolute atomic E-state index is 0.253. The van der Waals surface area contributed by atoms with Crippen LogP contribution >= 0.6 is 66.3 Å². The van der Waals surface area contributed by atoms with Crippen LogP contribution in [0.4, 0.5) is 25.2 Å². The van der Waals surface area contributed by atoms with E-state index in [1.54, 1.807) is 48.5 Å². The fourth-order valence-corrected chi connectivity index (χ4v) is 11.3. The molecule has 11 N–H and O–H groups in total. The minimum Gasteiger partial charge on any atom is -0.299 e. The summed E-state index contributed by atoms with van der Waals surface area (Å²) in [6, 6.07) is 24.5. The van der Waals surface area contributed by atoms with Crippen molar-refractivity contribution in [1.29, 1.82) is 0 Å². The van der Waals surface area contributed by atoms with Crippen LogP contribution < -0.4 is 0 Å². The summed E-state index contributed by atoms with van der Waals surface area (Å²) < 4.78 is 140. The van der Waals surface area contributed by atoms with Crippen LogP contribution in [-0.4, -0.2) is 53.8 Å². The summed E-state index contributed by atoms with van der Waals surface area (Å²) in [5, 5.41) is 2.78. The molecule has 0 spiro atoms. The third-order valence-electron chi connectivity index (χ3n) is 4.19. The van der Waals surface area contributed by atoms with Gasteiger partial charge in [-0.25, -0.2) is 22.8 Å². The van der Waals surface area contributed by atoms with Crippen molar-refractivity contribution in [3.8, 4) is 0 Å². The molecule has 0 amide bonds. The van der Waals surface area contributed by atoms with E-state index in [1.165, 1.54) is 0 Å². The molecule has 298 valence electrons. The quantitative estimate of drug-likeness (QED) is 0.0578. The van der Waals surface area contributed by atoms with E-state index in [4.69, 9.17) is 74.6 Å². The van der Waals surface area contributed by atoms with Gasteiger partial charge in [0, 0.05) is 0 Å². The molecule has 0 bridgehead atoms. The van der Waals surface area contributed by atoms with Crippen LogP contribution in [0.25, 0.3) is 21.5 Å². The smallest absolute Gasteiger partial charge is 0.299 e. The van der Waals surface area contributed by atoms with Gasteiger partial charge >= 0.3 is 199 Å². The Morgan fingerprint density at radius 3 is 0.846 bits per heavy atom. The second-order valence-electron chi connectivity index (χ2n) is 8.27. The number of hydrogen-bond donors (Lipinski definition) is 11. The van der Waals surface area contributed by atoms with E-state index in [0.29, 0.717) is 10.8 Å². The summed E-state index contributed by atoms with van der Waals surface area (Å²) in [6.45, 7) is 0.